The van der Waals surface area contributed by atoms with Crippen molar-refractivity contribution in [3.8, 4) is 0 Å². The van der Waals surface area contributed by atoms with Crippen LogP contribution in [0.1, 0.15) is 36.2 Å². The van der Waals surface area contributed by atoms with Crippen molar-refractivity contribution in [3.05, 3.63) is 22.6 Å². The van der Waals surface area contributed by atoms with Crippen LogP contribution >= 0.6 is 15.9 Å². The Balaban J connectivity index is 1.50. The van der Waals surface area contributed by atoms with Crippen LogP contribution < -0.4 is 10.6 Å². The number of amides is 2. The van der Waals surface area contributed by atoms with Crippen molar-refractivity contribution in [3.63, 3.8) is 0 Å². The highest BCUT2D eigenvalue weighted by Gasteiger charge is 2.34. The Morgan fingerprint density at radius 1 is 1.36 bits per heavy atom. The maximum Gasteiger partial charge on any atom is 0.289 e. The van der Waals surface area contributed by atoms with Gasteiger partial charge in [-0.25, -0.2) is 0 Å². The molecular formula is C15H20BrN3O3. The van der Waals surface area contributed by atoms with E-state index in [4.69, 9.17) is 4.42 Å². The maximum absolute atomic E-state index is 12.1. The molecule has 3 heterocycles. The number of hydrogen-bond acceptors (Lipinski definition) is 4. The number of carbonyl (C=O) groups excluding carboxylic acids is 2. The van der Waals surface area contributed by atoms with E-state index in [0.29, 0.717) is 16.8 Å². The van der Waals surface area contributed by atoms with E-state index < -0.39 is 0 Å². The molecule has 2 N–H and O–H groups in total. The molecule has 6 nitrogen and oxygen atoms in total. The number of nitrogens with one attached hydrogen (secondary N) is 2. The van der Waals surface area contributed by atoms with E-state index in [-0.39, 0.29) is 30.2 Å². The van der Waals surface area contributed by atoms with Gasteiger partial charge in [-0.05, 0) is 53.7 Å². The van der Waals surface area contributed by atoms with Gasteiger partial charge in [0.2, 0.25) is 5.91 Å². The molecule has 120 valence electrons. The van der Waals surface area contributed by atoms with Crippen molar-refractivity contribution < 1.29 is 14.0 Å². The van der Waals surface area contributed by atoms with Gasteiger partial charge in [0.15, 0.2) is 10.4 Å². The van der Waals surface area contributed by atoms with Crippen molar-refractivity contribution in [2.45, 2.75) is 43.8 Å². The lowest BCUT2D eigenvalue weighted by Gasteiger charge is -2.30. The number of hydrogen-bond donors (Lipinski definition) is 2. The molecule has 2 amide bonds. The summed E-state index contributed by atoms with van der Waals surface area (Å²) >= 11 is 3.16. The first-order valence-electron chi connectivity index (χ1n) is 7.57. The lowest BCUT2D eigenvalue weighted by Crippen LogP contribution is -2.50. The summed E-state index contributed by atoms with van der Waals surface area (Å²) in [5.41, 5.74) is 0. The summed E-state index contributed by atoms with van der Waals surface area (Å²) < 4.78 is 5.72. The first-order valence-corrected chi connectivity index (χ1v) is 8.37. The van der Waals surface area contributed by atoms with Crippen LogP contribution in [0.3, 0.4) is 0 Å². The average molecular weight is 370 g/mol. The zero-order valence-corrected chi connectivity index (χ0v) is 14.1. The van der Waals surface area contributed by atoms with Crippen LogP contribution in [0.15, 0.2) is 21.2 Å². The monoisotopic (exact) mass is 369 g/mol. The van der Waals surface area contributed by atoms with E-state index >= 15 is 0 Å². The SMILES string of the molecule is CN(CC(=O)NC1CC2CCC(C1)N2)C(=O)c1ccc(Br)o1. The quantitative estimate of drug-likeness (QED) is 0.843. The number of halogens is 1. The zero-order chi connectivity index (χ0) is 15.7. The third-order valence-electron chi connectivity index (χ3n) is 4.35. The number of rotatable bonds is 4. The van der Waals surface area contributed by atoms with Crippen LogP contribution in [0.5, 0.6) is 0 Å². The summed E-state index contributed by atoms with van der Waals surface area (Å²) in [5, 5.41) is 6.59. The lowest BCUT2D eigenvalue weighted by molar-refractivity contribution is -0.122. The molecular weight excluding hydrogens is 350 g/mol. The summed E-state index contributed by atoms with van der Waals surface area (Å²) in [4.78, 5) is 25.6. The Morgan fingerprint density at radius 3 is 2.64 bits per heavy atom. The van der Waals surface area contributed by atoms with Gasteiger partial charge in [0.25, 0.3) is 5.91 Å². The van der Waals surface area contributed by atoms with Gasteiger partial charge in [0.05, 0.1) is 6.54 Å². The van der Waals surface area contributed by atoms with Crippen LogP contribution in [0, 0.1) is 0 Å². The van der Waals surface area contributed by atoms with Gasteiger partial charge in [-0.2, -0.15) is 0 Å². The summed E-state index contributed by atoms with van der Waals surface area (Å²) in [5.74, 6) is -0.193. The van der Waals surface area contributed by atoms with E-state index in [9.17, 15) is 9.59 Å². The van der Waals surface area contributed by atoms with E-state index in [0.717, 1.165) is 12.8 Å². The first kappa shape index (κ1) is 15.6. The van der Waals surface area contributed by atoms with Crippen molar-refractivity contribution in [1.82, 2.24) is 15.5 Å². The van der Waals surface area contributed by atoms with Crippen LogP contribution in [0.4, 0.5) is 0 Å². The number of nitrogens with zero attached hydrogens (tertiary/aromatic N) is 1. The van der Waals surface area contributed by atoms with Crippen LogP contribution in [-0.4, -0.2) is 48.4 Å². The van der Waals surface area contributed by atoms with Crippen molar-refractivity contribution in [2.75, 3.05) is 13.6 Å². The maximum atomic E-state index is 12.1. The highest BCUT2D eigenvalue weighted by atomic mass is 79.9. The minimum atomic E-state index is -0.300. The van der Waals surface area contributed by atoms with Crippen molar-refractivity contribution in [1.29, 1.82) is 0 Å². The number of carbonyl (C=O) groups is 2. The molecule has 2 unspecified atom stereocenters. The smallest absolute Gasteiger partial charge is 0.289 e. The molecule has 0 spiro atoms. The lowest BCUT2D eigenvalue weighted by atomic mass is 10.00. The molecule has 2 fully saturated rings. The largest absolute Gasteiger partial charge is 0.444 e. The van der Waals surface area contributed by atoms with E-state index in [1.54, 1.807) is 19.2 Å². The summed E-state index contributed by atoms with van der Waals surface area (Å²) in [6, 6.07) is 4.53. The predicted molar refractivity (Wildman–Crippen MR) is 84.5 cm³/mol. The number of likely N-dealkylation sites (N-methyl/N-ethyl adjacent to an activating group) is 1. The van der Waals surface area contributed by atoms with E-state index in [1.165, 1.54) is 17.7 Å². The minimum Gasteiger partial charge on any atom is -0.444 e. The highest BCUT2D eigenvalue weighted by Crippen LogP contribution is 2.26. The molecule has 0 saturated carbocycles. The molecule has 2 atom stereocenters. The molecule has 1 aromatic rings. The molecule has 0 aliphatic carbocycles. The van der Waals surface area contributed by atoms with Gasteiger partial charge in [-0.1, -0.05) is 0 Å². The second-order valence-corrected chi connectivity index (χ2v) is 6.92. The molecule has 0 radical (unpaired) electrons. The standard InChI is InChI=1S/C15H20BrN3O3/c1-19(15(21)12-4-5-13(16)22-12)8-14(20)18-11-6-9-2-3-10(7-11)17-9/h4-5,9-11,17H,2-3,6-8H2,1H3,(H,18,20). The van der Waals surface area contributed by atoms with Gasteiger partial charge >= 0.3 is 0 Å². The molecule has 0 aromatic carbocycles. The fourth-order valence-electron chi connectivity index (χ4n) is 3.35. The van der Waals surface area contributed by atoms with Gasteiger partial charge in [-0.3, -0.25) is 9.59 Å². The van der Waals surface area contributed by atoms with Gasteiger partial charge in [-0.15, -0.1) is 0 Å². The Morgan fingerprint density at radius 2 is 2.05 bits per heavy atom. The third-order valence-corrected chi connectivity index (χ3v) is 4.78. The Bertz CT molecular complexity index is 562. The summed E-state index contributed by atoms with van der Waals surface area (Å²) in [6.45, 7) is 0.0381. The summed E-state index contributed by atoms with van der Waals surface area (Å²) in [7, 11) is 1.60. The molecule has 1 aromatic heterocycles. The molecule has 7 heteroatoms. The Hall–Kier alpha value is -1.34. The first-order chi connectivity index (χ1) is 10.5. The third kappa shape index (κ3) is 3.52. The van der Waals surface area contributed by atoms with Crippen LogP contribution in [0.25, 0.3) is 0 Å². The molecule has 2 aliphatic rings. The zero-order valence-electron chi connectivity index (χ0n) is 12.5. The molecule has 2 saturated heterocycles. The Kier molecular flexibility index (Phi) is 4.54. The van der Waals surface area contributed by atoms with Gasteiger partial charge in [0, 0.05) is 25.2 Å². The van der Waals surface area contributed by atoms with Crippen molar-refractivity contribution >= 4 is 27.7 Å². The normalized spacial score (nSPS) is 26.7. The second-order valence-electron chi connectivity index (χ2n) is 6.14. The summed E-state index contributed by atoms with van der Waals surface area (Å²) in [6.07, 6.45) is 4.35. The van der Waals surface area contributed by atoms with Crippen molar-refractivity contribution in [2.24, 2.45) is 0 Å². The number of piperidine rings is 1. The number of fused-ring (bicyclic) bond motifs is 2. The Labute approximate surface area is 137 Å². The predicted octanol–water partition coefficient (Wildman–Crippen LogP) is 1.51. The molecule has 2 bridgehead atoms. The second kappa shape index (κ2) is 6.42. The minimum absolute atomic E-state index is 0.0381. The number of furan rings is 1. The van der Waals surface area contributed by atoms with Gasteiger partial charge in [0.1, 0.15) is 0 Å². The topological polar surface area (TPSA) is 74.6 Å². The highest BCUT2D eigenvalue weighted by molar-refractivity contribution is 9.10. The molecule has 3 rings (SSSR count). The average Bonchev–Trinajstić information content (AvgIpc) is 3.04. The fraction of sp³-hybridized carbons (Fsp3) is 0.600. The van der Waals surface area contributed by atoms with Gasteiger partial charge < -0.3 is 20.0 Å². The van der Waals surface area contributed by atoms with E-state index in [2.05, 4.69) is 26.6 Å². The molecule has 22 heavy (non-hydrogen) atoms. The molecule has 2 aliphatic heterocycles. The fourth-order valence-corrected chi connectivity index (χ4v) is 3.66. The van der Waals surface area contributed by atoms with E-state index in [1.807, 2.05) is 0 Å². The van der Waals surface area contributed by atoms with Crippen LogP contribution in [-0.2, 0) is 4.79 Å². The van der Waals surface area contributed by atoms with Crippen LogP contribution in [0.2, 0.25) is 0 Å².